The van der Waals surface area contributed by atoms with Crippen molar-refractivity contribution in [2.45, 2.75) is 142 Å². The summed E-state index contributed by atoms with van der Waals surface area (Å²) in [7, 11) is 1.48. The molecule has 244 valence electrons. The summed E-state index contributed by atoms with van der Waals surface area (Å²) in [5.41, 5.74) is 0. The molecule has 1 amide bonds. The SMILES string of the molecule is COC1C(O)CCC(CC(C)C(OC(=O)C2CCCCN2C(=O)C(O)C2(O)OC(C(C)C)C(C)CC2C)C(C)C)C1O. The molecule has 12 unspecified atom stereocenters. The van der Waals surface area contributed by atoms with Crippen molar-refractivity contribution in [3.05, 3.63) is 0 Å². The first kappa shape index (κ1) is 35.2. The van der Waals surface area contributed by atoms with E-state index in [1.165, 1.54) is 12.0 Å². The highest BCUT2D eigenvalue weighted by Crippen LogP contribution is 2.41. The van der Waals surface area contributed by atoms with Crippen LogP contribution in [0.3, 0.4) is 0 Å². The third-order valence-electron chi connectivity index (χ3n) is 10.1. The van der Waals surface area contributed by atoms with Crippen LogP contribution in [-0.2, 0) is 23.8 Å². The zero-order chi connectivity index (χ0) is 31.5. The summed E-state index contributed by atoms with van der Waals surface area (Å²) in [5.74, 6) is -3.72. The first-order valence-electron chi connectivity index (χ1n) is 16.1. The number of aliphatic hydroxyl groups excluding tert-OH is 3. The third-order valence-corrected chi connectivity index (χ3v) is 10.1. The van der Waals surface area contributed by atoms with Gasteiger partial charge in [-0.1, -0.05) is 48.5 Å². The van der Waals surface area contributed by atoms with Crippen LogP contribution >= 0.6 is 0 Å². The van der Waals surface area contributed by atoms with Crippen molar-refractivity contribution >= 4 is 11.9 Å². The molecular formula is C32H57NO9. The topological polar surface area (TPSA) is 146 Å². The van der Waals surface area contributed by atoms with Gasteiger partial charge in [0.2, 0.25) is 5.79 Å². The summed E-state index contributed by atoms with van der Waals surface area (Å²) in [6.07, 6.45) is -0.567. The molecule has 10 nitrogen and oxygen atoms in total. The summed E-state index contributed by atoms with van der Waals surface area (Å²) in [6.45, 7) is 14.0. The molecule has 2 heterocycles. The predicted molar refractivity (Wildman–Crippen MR) is 157 cm³/mol. The first-order valence-corrected chi connectivity index (χ1v) is 16.1. The van der Waals surface area contributed by atoms with Crippen LogP contribution in [0.1, 0.15) is 93.4 Å². The van der Waals surface area contributed by atoms with Gasteiger partial charge in [-0.25, -0.2) is 4.79 Å². The average molecular weight is 600 g/mol. The van der Waals surface area contributed by atoms with Crippen LogP contribution in [0, 0.1) is 35.5 Å². The number of hydrogen-bond donors (Lipinski definition) is 4. The van der Waals surface area contributed by atoms with Gasteiger partial charge >= 0.3 is 5.97 Å². The van der Waals surface area contributed by atoms with Gasteiger partial charge in [-0.05, 0) is 74.5 Å². The molecule has 3 aliphatic rings. The fourth-order valence-electron chi connectivity index (χ4n) is 7.72. The van der Waals surface area contributed by atoms with Crippen LogP contribution in [0.4, 0.5) is 0 Å². The molecule has 4 N–H and O–H groups in total. The van der Waals surface area contributed by atoms with Crippen molar-refractivity contribution in [2.75, 3.05) is 13.7 Å². The van der Waals surface area contributed by atoms with E-state index >= 15 is 0 Å². The van der Waals surface area contributed by atoms with Crippen LogP contribution in [0.25, 0.3) is 0 Å². The van der Waals surface area contributed by atoms with E-state index in [0.29, 0.717) is 38.5 Å². The van der Waals surface area contributed by atoms with Crippen molar-refractivity contribution < 1.29 is 44.2 Å². The lowest BCUT2D eigenvalue weighted by atomic mass is 9.76. The maximum absolute atomic E-state index is 13.7. The van der Waals surface area contributed by atoms with Crippen LogP contribution in [0.5, 0.6) is 0 Å². The number of amides is 1. The van der Waals surface area contributed by atoms with Crippen LogP contribution in [-0.4, -0.2) is 99.3 Å². The van der Waals surface area contributed by atoms with Crippen molar-refractivity contribution in [1.82, 2.24) is 4.90 Å². The zero-order valence-electron chi connectivity index (χ0n) is 26.9. The van der Waals surface area contributed by atoms with Gasteiger partial charge in [0, 0.05) is 19.6 Å². The highest BCUT2D eigenvalue weighted by Gasteiger charge is 2.54. The molecule has 12 atom stereocenters. The number of piperidine rings is 1. The lowest BCUT2D eigenvalue weighted by molar-refractivity contribution is -0.330. The number of carbonyl (C=O) groups is 2. The number of aliphatic hydroxyl groups is 4. The highest BCUT2D eigenvalue weighted by atomic mass is 16.6. The van der Waals surface area contributed by atoms with Gasteiger partial charge in [-0.2, -0.15) is 0 Å². The number of hydrogen-bond acceptors (Lipinski definition) is 9. The molecule has 42 heavy (non-hydrogen) atoms. The second kappa shape index (κ2) is 14.7. The van der Waals surface area contributed by atoms with Gasteiger partial charge < -0.3 is 39.5 Å². The smallest absolute Gasteiger partial charge is 0.329 e. The molecule has 10 heteroatoms. The first-order chi connectivity index (χ1) is 19.6. The Morgan fingerprint density at radius 1 is 1.05 bits per heavy atom. The Hall–Kier alpha value is -1.30. The molecule has 0 spiro atoms. The van der Waals surface area contributed by atoms with Gasteiger partial charge in [-0.3, -0.25) is 4.79 Å². The van der Waals surface area contributed by atoms with E-state index in [1.807, 2.05) is 41.5 Å². The number of nitrogens with zero attached hydrogens (tertiary/aromatic N) is 1. The lowest BCUT2D eigenvalue weighted by Crippen LogP contribution is -2.64. The molecule has 0 aromatic heterocycles. The van der Waals surface area contributed by atoms with E-state index in [4.69, 9.17) is 14.2 Å². The zero-order valence-corrected chi connectivity index (χ0v) is 26.9. The van der Waals surface area contributed by atoms with E-state index in [1.54, 1.807) is 6.92 Å². The summed E-state index contributed by atoms with van der Waals surface area (Å²) in [6, 6.07) is -0.870. The van der Waals surface area contributed by atoms with E-state index in [0.717, 1.165) is 6.42 Å². The molecule has 1 saturated carbocycles. The van der Waals surface area contributed by atoms with Gasteiger partial charge in [0.15, 0.2) is 6.10 Å². The van der Waals surface area contributed by atoms with Gasteiger partial charge in [-0.15, -0.1) is 0 Å². The molecule has 2 aliphatic heterocycles. The Balaban J connectivity index is 1.72. The van der Waals surface area contributed by atoms with E-state index in [-0.39, 0.29) is 42.2 Å². The van der Waals surface area contributed by atoms with Gasteiger partial charge in [0.1, 0.15) is 18.2 Å². The summed E-state index contributed by atoms with van der Waals surface area (Å²) >= 11 is 0. The van der Waals surface area contributed by atoms with Crippen molar-refractivity contribution in [3.8, 4) is 0 Å². The average Bonchev–Trinajstić information content (AvgIpc) is 2.94. The van der Waals surface area contributed by atoms with Crippen molar-refractivity contribution in [2.24, 2.45) is 35.5 Å². The minimum absolute atomic E-state index is 0.0148. The number of likely N-dealkylation sites (tertiary alicyclic amines) is 1. The largest absolute Gasteiger partial charge is 0.460 e. The Morgan fingerprint density at radius 3 is 2.31 bits per heavy atom. The molecule has 0 radical (unpaired) electrons. The predicted octanol–water partition coefficient (Wildman–Crippen LogP) is 2.87. The minimum atomic E-state index is -2.05. The summed E-state index contributed by atoms with van der Waals surface area (Å²) in [5, 5.41) is 43.8. The van der Waals surface area contributed by atoms with E-state index < -0.39 is 60.1 Å². The van der Waals surface area contributed by atoms with Gasteiger partial charge in [0.05, 0.1) is 18.3 Å². The fraction of sp³-hybridized carbons (Fsp3) is 0.938. The van der Waals surface area contributed by atoms with E-state index in [9.17, 15) is 30.0 Å². The maximum atomic E-state index is 13.7. The summed E-state index contributed by atoms with van der Waals surface area (Å²) < 4.78 is 17.5. The minimum Gasteiger partial charge on any atom is -0.460 e. The monoisotopic (exact) mass is 599 g/mol. The van der Waals surface area contributed by atoms with Crippen molar-refractivity contribution in [1.29, 1.82) is 0 Å². The standard InChI is InChI=1S/C32H57NO9/c1-17(2)26(20(6)16-22-12-13-24(34)28(40-8)25(22)35)41-31(38)23-11-9-10-14-33(23)30(37)29(36)32(39)21(7)15-19(5)27(42-32)18(3)4/h17-29,34-36,39H,9-16H2,1-8H3. The van der Waals surface area contributed by atoms with Crippen molar-refractivity contribution in [3.63, 3.8) is 0 Å². The lowest BCUT2D eigenvalue weighted by Gasteiger charge is -2.49. The third kappa shape index (κ3) is 7.49. The van der Waals surface area contributed by atoms with Crippen LogP contribution in [0.2, 0.25) is 0 Å². The Kier molecular flexibility index (Phi) is 12.3. The quantitative estimate of drug-likeness (QED) is 0.279. The molecule has 0 aromatic rings. The Labute approximate surface area is 252 Å². The van der Waals surface area contributed by atoms with E-state index in [2.05, 4.69) is 0 Å². The van der Waals surface area contributed by atoms with Gasteiger partial charge in [0.25, 0.3) is 5.91 Å². The molecule has 0 bridgehead atoms. The van der Waals surface area contributed by atoms with Crippen LogP contribution < -0.4 is 0 Å². The Morgan fingerprint density at radius 2 is 1.71 bits per heavy atom. The molecule has 0 aromatic carbocycles. The Bertz CT molecular complexity index is 899. The molecular weight excluding hydrogens is 542 g/mol. The number of esters is 1. The van der Waals surface area contributed by atoms with Crippen LogP contribution in [0.15, 0.2) is 0 Å². The number of ether oxygens (including phenoxy) is 3. The second-order valence-corrected chi connectivity index (χ2v) is 14.1. The normalized spacial score (nSPS) is 38.3. The number of rotatable bonds is 10. The molecule has 3 rings (SSSR count). The second-order valence-electron chi connectivity index (χ2n) is 14.1. The fourth-order valence-corrected chi connectivity index (χ4v) is 7.72. The molecule has 3 fully saturated rings. The highest BCUT2D eigenvalue weighted by molar-refractivity contribution is 5.88. The molecule has 1 aliphatic carbocycles. The molecule has 2 saturated heterocycles. The maximum Gasteiger partial charge on any atom is 0.329 e. The summed E-state index contributed by atoms with van der Waals surface area (Å²) in [4.78, 5) is 28.8. The number of carbonyl (C=O) groups excluding carboxylic acids is 2. The number of methoxy groups -OCH3 is 1.